The van der Waals surface area contributed by atoms with E-state index in [2.05, 4.69) is 15.3 Å². The van der Waals surface area contributed by atoms with Crippen LogP contribution in [0.5, 0.6) is 0 Å². The normalized spacial score (nSPS) is 13.1. The third-order valence-corrected chi connectivity index (χ3v) is 5.57. The Balaban J connectivity index is 2.27. The molecule has 148 valence electrons. The molecule has 7 nitrogen and oxygen atoms in total. The van der Waals surface area contributed by atoms with Crippen molar-refractivity contribution in [2.24, 2.45) is 5.41 Å². The molecule has 1 aromatic carbocycles. The van der Waals surface area contributed by atoms with Gasteiger partial charge in [0.15, 0.2) is 0 Å². The first-order chi connectivity index (χ1) is 13.2. The van der Waals surface area contributed by atoms with Crippen molar-refractivity contribution in [2.45, 2.75) is 53.7 Å². The molecule has 28 heavy (non-hydrogen) atoms. The fourth-order valence-electron chi connectivity index (χ4n) is 3.68. The summed E-state index contributed by atoms with van der Waals surface area (Å²) in [7, 11) is 0. The van der Waals surface area contributed by atoms with Gasteiger partial charge in [-0.1, -0.05) is 11.3 Å². The van der Waals surface area contributed by atoms with Crippen molar-refractivity contribution in [1.29, 1.82) is 0 Å². The number of carbonyl (C=O) groups is 1. The smallest absolute Gasteiger partial charge is 0.310 e. The molecule has 0 aliphatic heterocycles. The molecule has 0 fully saturated rings. The summed E-state index contributed by atoms with van der Waals surface area (Å²) in [6.07, 6.45) is 1.69. The van der Waals surface area contributed by atoms with Gasteiger partial charge >= 0.3 is 5.97 Å². The number of benzene rings is 1. The number of nitrogens with zero attached hydrogens (tertiary/aromatic N) is 4. The molecule has 0 aliphatic carbocycles. The van der Waals surface area contributed by atoms with Crippen molar-refractivity contribution in [1.82, 2.24) is 20.0 Å². The van der Waals surface area contributed by atoms with E-state index < -0.39 is 17.3 Å². The summed E-state index contributed by atoms with van der Waals surface area (Å²) in [4.78, 5) is 16.7. The lowest BCUT2D eigenvalue weighted by Crippen LogP contribution is -2.33. The predicted octanol–water partition coefficient (Wildman–Crippen LogP) is 3.20. The average Bonchev–Trinajstić information content (AvgIpc) is 3.08. The van der Waals surface area contributed by atoms with Crippen molar-refractivity contribution >= 4 is 17.0 Å². The molecule has 3 aromatic rings. The van der Waals surface area contributed by atoms with Gasteiger partial charge in [0.05, 0.1) is 17.5 Å². The lowest BCUT2D eigenvalue weighted by molar-refractivity contribution is -0.147. The Kier molecular flexibility index (Phi) is 5.21. The monoisotopic (exact) mass is 382 g/mol. The van der Waals surface area contributed by atoms with Crippen LogP contribution in [0, 0.1) is 19.3 Å². The number of hydrogen-bond donors (Lipinski definition) is 2. The molecular weight excluding hydrogens is 356 g/mol. The minimum Gasteiger partial charge on any atom is -0.481 e. The number of hydrogen-bond acceptors (Lipinski definition) is 5. The molecule has 0 aliphatic rings. The maximum atomic E-state index is 12.1. The van der Waals surface area contributed by atoms with E-state index in [1.807, 2.05) is 37.6 Å². The Hall–Kier alpha value is -2.80. The van der Waals surface area contributed by atoms with Gasteiger partial charge in [0.1, 0.15) is 5.52 Å². The number of pyridine rings is 1. The van der Waals surface area contributed by atoms with Crippen molar-refractivity contribution in [3.05, 3.63) is 52.3 Å². The minimum atomic E-state index is -1.12. The molecule has 0 saturated heterocycles. The topological polar surface area (TPSA) is 101 Å². The summed E-state index contributed by atoms with van der Waals surface area (Å²) < 4.78 is 1.82. The molecule has 0 spiro atoms. The molecule has 0 saturated carbocycles. The van der Waals surface area contributed by atoms with Gasteiger partial charge in [-0.2, -0.15) is 0 Å². The highest BCUT2D eigenvalue weighted by molar-refractivity contribution is 5.81. The van der Waals surface area contributed by atoms with E-state index in [1.54, 1.807) is 26.1 Å². The summed E-state index contributed by atoms with van der Waals surface area (Å²) in [5.41, 5.74) is 4.54. The van der Waals surface area contributed by atoms with Crippen LogP contribution in [0.25, 0.3) is 11.0 Å². The summed E-state index contributed by atoms with van der Waals surface area (Å²) in [6.45, 7) is 9.81. The summed E-state index contributed by atoms with van der Waals surface area (Å²) in [6, 6.07) is 5.69. The van der Waals surface area contributed by atoms with Gasteiger partial charge in [0.25, 0.3) is 0 Å². The number of fused-ring (bicyclic) bond motifs is 1. The van der Waals surface area contributed by atoms with Gasteiger partial charge in [-0.05, 0) is 69.0 Å². The molecule has 2 aromatic heterocycles. The third-order valence-electron chi connectivity index (χ3n) is 5.57. The first-order valence-electron chi connectivity index (χ1n) is 9.34. The third kappa shape index (κ3) is 3.16. The number of aliphatic hydroxyl groups excluding tert-OH is 1. The molecule has 7 heteroatoms. The van der Waals surface area contributed by atoms with Crippen LogP contribution in [-0.2, 0) is 17.9 Å². The maximum absolute atomic E-state index is 12.1. The summed E-state index contributed by atoms with van der Waals surface area (Å²) >= 11 is 0. The molecule has 2 heterocycles. The minimum absolute atomic E-state index is 0.121. The number of carboxylic acid groups (broad SMARTS) is 1. The van der Waals surface area contributed by atoms with E-state index in [0.29, 0.717) is 12.2 Å². The molecule has 0 amide bonds. The number of aliphatic carboxylic acids is 1. The van der Waals surface area contributed by atoms with Crippen LogP contribution in [0.15, 0.2) is 24.4 Å². The molecule has 0 bridgehead atoms. The summed E-state index contributed by atoms with van der Waals surface area (Å²) in [5.74, 6) is -1.42. The zero-order valence-electron chi connectivity index (χ0n) is 16.9. The average molecular weight is 382 g/mol. The first kappa shape index (κ1) is 19.9. The van der Waals surface area contributed by atoms with Crippen LogP contribution < -0.4 is 0 Å². The maximum Gasteiger partial charge on any atom is 0.310 e. The molecule has 2 N–H and O–H groups in total. The second-order valence-corrected chi connectivity index (χ2v) is 7.71. The van der Waals surface area contributed by atoms with E-state index in [0.717, 1.165) is 33.3 Å². The van der Waals surface area contributed by atoms with Crippen LogP contribution in [-0.4, -0.2) is 36.2 Å². The van der Waals surface area contributed by atoms with Crippen LogP contribution in [0.1, 0.15) is 54.6 Å². The molecule has 3 rings (SSSR count). The number of aryl methyl sites for hydroxylation is 3. The zero-order chi connectivity index (χ0) is 20.6. The number of rotatable bonds is 6. The Morgan fingerprint density at radius 3 is 2.61 bits per heavy atom. The van der Waals surface area contributed by atoms with Crippen molar-refractivity contribution < 1.29 is 15.0 Å². The van der Waals surface area contributed by atoms with Gasteiger partial charge in [0, 0.05) is 24.4 Å². The van der Waals surface area contributed by atoms with E-state index in [1.165, 1.54) is 0 Å². The second kappa shape index (κ2) is 7.31. The van der Waals surface area contributed by atoms with Crippen LogP contribution >= 0.6 is 0 Å². The zero-order valence-corrected chi connectivity index (χ0v) is 16.9. The highest BCUT2D eigenvalue weighted by Crippen LogP contribution is 2.43. The van der Waals surface area contributed by atoms with Gasteiger partial charge in [-0.25, -0.2) is 4.68 Å². The van der Waals surface area contributed by atoms with E-state index in [-0.39, 0.29) is 6.61 Å². The SMILES string of the molecule is CCn1nnc2c(C)c([C@H](c3cc(CO)c(C)cn3)C(C)(C)C(=O)O)ccc21. The lowest BCUT2D eigenvalue weighted by atomic mass is 9.71. The Morgan fingerprint density at radius 2 is 2.00 bits per heavy atom. The molecule has 0 unspecified atom stereocenters. The van der Waals surface area contributed by atoms with Crippen LogP contribution in [0.2, 0.25) is 0 Å². The lowest BCUT2D eigenvalue weighted by Gasteiger charge is -2.32. The predicted molar refractivity (Wildman–Crippen MR) is 106 cm³/mol. The van der Waals surface area contributed by atoms with E-state index >= 15 is 0 Å². The van der Waals surface area contributed by atoms with E-state index in [4.69, 9.17) is 0 Å². The Bertz CT molecular complexity index is 1040. The van der Waals surface area contributed by atoms with Gasteiger partial charge < -0.3 is 10.2 Å². The summed E-state index contributed by atoms with van der Waals surface area (Å²) in [5, 5.41) is 28.1. The van der Waals surface area contributed by atoms with E-state index in [9.17, 15) is 15.0 Å². The van der Waals surface area contributed by atoms with Crippen molar-refractivity contribution in [3.63, 3.8) is 0 Å². The largest absolute Gasteiger partial charge is 0.481 e. The number of carboxylic acids is 1. The highest BCUT2D eigenvalue weighted by atomic mass is 16.4. The van der Waals surface area contributed by atoms with Crippen LogP contribution in [0.4, 0.5) is 0 Å². The van der Waals surface area contributed by atoms with Crippen LogP contribution in [0.3, 0.4) is 0 Å². The highest BCUT2D eigenvalue weighted by Gasteiger charge is 2.41. The van der Waals surface area contributed by atoms with Gasteiger partial charge in [-0.15, -0.1) is 5.10 Å². The van der Waals surface area contributed by atoms with Crippen molar-refractivity contribution in [3.8, 4) is 0 Å². The molecule has 1 atom stereocenters. The Morgan fingerprint density at radius 1 is 1.29 bits per heavy atom. The molecular formula is C21H26N4O3. The standard InChI is InChI=1S/C21H26N4O3/c1-6-25-17-8-7-15(13(3)19(17)23-24-25)18(21(4,5)20(27)28)16-9-14(11-26)12(2)10-22-16/h7-10,18,26H,6,11H2,1-5H3,(H,27,28)/t18-/m1/s1. The first-order valence-corrected chi connectivity index (χ1v) is 9.34. The van der Waals surface area contributed by atoms with Gasteiger partial charge in [-0.3, -0.25) is 9.78 Å². The van der Waals surface area contributed by atoms with Crippen molar-refractivity contribution in [2.75, 3.05) is 0 Å². The second-order valence-electron chi connectivity index (χ2n) is 7.71. The Labute approximate surface area is 164 Å². The number of aliphatic hydroxyl groups is 1. The fourth-order valence-corrected chi connectivity index (χ4v) is 3.68. The fraction of sp³-hybridized carbons (Fsp3) is 0.429. The van der Waals surface area contributed by atoms with Gasteiger partial charge in [0.2, 0.25) is 0 Å². The molecule has 0 radical (unpaired) electrons. The number of aromatic nitrogens is 4. The quantitative estimate of drug-likeness (QED) is 0.679.